The van der Waals surface area contributed by atoms with E-state index in [1.165, 1.54) is 0 Å². The number of benzene rings is 1. The topological polar surface area (TPSA) is 66.6 Å². The highest BCUT2D eigenvalue weighted by atomic mass is 16.2. The number of carbonyl (C=O) groups is 2. The van der Waals surface area contributed by atoms with Crippen LogP contribution in [0.1, 0.15) is 42.6 Å². The van der Waals surface area contributed by atoms with Crippen LogP contribution in [0.3, 0.4) is 0 Å². The molecule has 2 atom stereocenters. The van der Waals surface area contributed by atoms with Crippen molar-refractivity contribution in [2.24, 2.45) is 11.7 Å². The minimum absolute atomic E-state index is 0.0519. The molecule has 2 aliphatic rings. The molecule has 1 aromatic carbocycles. The van der Waals surface area contributed by atoms with Gasteiger partial charge in [0.05, 0.1) is 0 Å². The van der Waals surface area contributed by atoms with Gasteiger partial charge in [0.25, 0.3) is 5.91 Å². The Bertz CT molecular complexity index is 629. The third-order valence-corrected chi connectivity index (χ3v) is 5.11. The maximum absolute atomic E-state index is 12.9. The van der Waals surface area contributed by atoms with Crippen molar-refractivity contribution in [3.8, 4) is 0 Å². The molecule has 23 heavy (non-hydrogen) atoms. The lowest BCUT2D eigenvalue weighted by Crippen LogP contribution is -2.49. The van der Waals surface area contributed by atoms with Gasteiger partial charge in [-0.1, -0.05) is 6.92 Å². The number of rotatable bonds is 2. The fourth-order valence-electron chi connectivity index (χ4n) is 3.77. The smallest absolute Gasteiger partial charge is 0.254 e. The van der Waals surface area contributed by atoms with E-state index >= 15 is 0 Å². The van der Waals surface area contributed by atoms with Crippen molar-refractivity contribution in [2.75, 3.05) is 24.5 Å². The Labute approximate surface area is 137 Å². The zero-order valence-corrected chi connectivity index (χ0v) is 13.9. The molecule has 1 saturated heterocycles. The van der Waals surface area contributed by atoms with Gasteiger partial charge < -0.3 is 15.5 Å². The lowest BCUT2D eigenvalue weighted by atomic mass is 9.91. The molecular weight excluding hydrogens is 290 g/mol. The van der Waals surface area contributed by atoms with Gasteiger partial charge in [0.2, 0.25) is 5.91 Å². The second-order valence-corrected chi connectivity index (χ2v) is 6.78. The van der Waals surface area contributed by atoms with Crippen molar-refractivity contribution in [2.45, 2.75) is 39.2 Å². The number of hydrogen-bond acceptors (Lipinski definition) is 3. The van der Waals surface area contributed by atoms with Crippen molar-refractivity contribution >= 4 is 17.5 Å². The highest BCUT2D eigenvalue weighted by molar-refractivity contribution is 5.98. The van der Waals surface area contributed by atoms with E-state index in [9.17, 15) is 9.59 Å². The number of piperidine rings is 1. The summed E-state index contributed by atoms with van der Waals surface area (Å²) >= 11 is 0. The number of nitrogens with two attached hydrogens (primary N) is 1. The second-order valence-electron chi connectivity index (χ2n) is 6.78. The van der Waals surface area contributed by atoms with Gasteiger partial charge in [0.15, 0.2) is 0 Å². The van der Waals surface area contributed by atoms with E-state index in [1.54, 1.807) is 11.8 Å². The van der Waals surface area contributed by atoms with E-state index in [4.69, 9.17) is 5.73 Å². The van der Waals surface area contributed by atoms with Crippen molar-refractivity contribution < 1.29 is 9.59 Å². The van der Waals surface area contributed by atoms with Crippen LogP contribution in [0.25, 0.3) is 0 Å². The molecule has 2 amide bonds. The molecule has 2 aliphatic heterocycles. The van der Waals surface area contributed by atoms with Crippen LogP contribution >= 0.6 is 0 Å². The first-order chi connectivity index (χ1) is 11.0. The normalized spacial score (nSPS) is 23.8. The molecule has 1 fully saturated rings. The summed E-state index contributed by atoms with van der Waals surface area (Å²) in [7, 11) is 0. The molecule has 0 spiro atoms. The van der Waals surface area contributed by atoms with Crippen LogP contribution in [0.2, 0.25) is 0 Å². The van der Waals surface area contributed by atoms with Gasteiger partial charge >= 0.3 is 0 Å². The standard InChI is InChI=1S/C18H25N3O2/c1-12-5-7-21(16(9-12)11-19)18(23)15-3-4-17-14(10-15)6-8-20(17)13(2)22/h3-4,10,12,16H,5-9,11,19H2,1-2H3. The Morgan fingerprint density at radius 3 is 2.78 bits per heavy atom. The average molecular weight is 315 g/mol. The number of nitrogens with zero attached hydrogens (tertiary/aromatic N) is 2. The predicted octanol–water partition coefficient (Wildman–Crippen LogP) is 1.79. The Hall–Kier alpha value is -1.88. The maximum atomic E-state index is 12.9. The molecule has 5 nitrogen and oxygen atoms in total. The summed E-state index contributed by atoms with van der Waals surface area (Å²) in [6.45, 7) is 5.79. The van der Waals surface area contributed by atoms with Gasteiger partial charge in [0.1, 0.15) is 0 Å². The molecule has 0 radical (unpaired) electrons. The number of anilines is 1. The van der Waals surface area contributed by atoms with E-state index in [2.05, 4.69) is 6.92 Å². The summed E-state index contributed by atoms with van der Waals surface area (Å²) in [5.41, 5.74) is 8.61. The Kier molecular flexibility index (Phi) is 4.39. The van der Waals surface area contributed by atoms with Gasteiger partial charge in [-0.3, -0.25) is 9.59 Å². The van der Waals surface area contributed by atoms with E-state index in [0.717, 1.165) is 37.1 Å². The Morgan fingerprint density at radius 2 is 2.09 bits per heavy atom. The second kappa shape index (κ2) is 6.32. The molecule has 2 unspecified atom stereocenters. The fraction of sp³-hybridized carbons (Fsp3) is 0.556. The molecule has 2 N–H and O–H groups in total. The zero-order chi connectivity index (χ0) is 16.6. The summed E-state index contributed by atoms with van der Waals surface area (Å²) in [6, 6.07) is 5.83. The predicted molar refractivity (Wildman–Crippen MR) is 90.4 cm³/mol. The summed E-state index contributed by atoms with van der Waals surface area (Å²) in [5.74, 6) is 0.740. The van der Waals surface area contributed by atoms with Gasteiger partial charge in [-0.25, -0.2) is 0 Å². The van der Waals surface area contributed by atoms with Gasteiger partial charge in [-0.15, -0.1) is 0 Å². The first-order valence-corrected chi connectivity index (χ1v) is 8.43. The largest absolute Gasteiger partial charge is 0.334 e. The summed E-state index contributed by atoms with van der Waals surface area (Å²) in [5, 5.41) is 0. The number of carbonyl (C=O) groups excluding carboxylic acids is 2. The van der Waals surface area contributed by atoms with Crippen LogP contribution in [0, 0.1) is 5.92 Å². The van der Waals surface area contributed by atoms with Gasteiger partial charge in [0, 0.05) is 43.9 Å². The van der Waals surface area contributed by atoms with Gasteiger partial charge in [-0.05, 0) is 48.9 Å². The summed E-state index contributed by atoms with van der Waals surface area (Å²) < 4.78 is 0. The number of likely N-dealkylation sites (tertiary alicyclic amines) is 1. The molecule has 3 rings (SSSR count). The Balaban J connectivity index is 1.82. The van der Waals surface area contributed by atoms with Crippen molar-refractivity contribution in [3.63, 3.8) is 0 Å². The molecule has 0 saturated carbocycles. The molecule has 1 aromatic rings. The number of amides is 2. The van der Waals surface area contributed by atoms with Crippen LogP contribution < -0.4 is 10.6 Å². The monoisotopic (exact) mass is 315 g/mol. The molecule has 5 heteroatoms. The third kappa shape index (κ3) is 2.98. The fourth-order valence-corrected chi connectivity index (χ4v) is 3.77. The molecule has 0 aliphatic carbocycles. The van der Waals surface area contributed by atoms with E-state index in [0.29, 0.717) is 24.6 Å². The van der Waals surface area contributed by atoms with Crippen LogP contribution in [0.5, 0.6) is 0 Å². The van der Waals surface area contributed by atoms with E-state index in [1.807, 2.05) is 23.1 Å². The first kappa shape index (κ1) is 16.0. The van der Waals surface area contributed by atoms with Crippen LogP contribution in [0.15, 0.2) is 18.2 Å². The van der Waals surface area contributed by atoms with Crippen molar-refractivity contribution in [1.29, 1.82) is 0 Å². The summed E-state index contributed by atoms with van der Waals surface area (Å²) in [6.07, 6.45) is 2.82. The summed E-state index contributed by atoms with van der Waals surface area (Å²) in [4.78, 5) is 28.2. The SMILES string of the molecule is CC(=O)N1CCc2cc(C(=O)N3CCC(C)CC3CN)ccc21. The molecule has 2 heterocycles. The van der Waals surface area contributed by atoms with Crippen LogP contribution in [-0.2, 0) is 11.2 Å². The molecule has 124 valence electrons. The maximum Gasteiger partial charge on any atom is 0.254 e. The molecular formula is C18H25N3O2. The molecule has 0 bridgehead atoms. The number of fused-ring (bicyclic) bond motifs is 1. The minimum Gasteiger partial charge on any atom is -0.334 e. The van der Waals surface area contributed by atoms with E-state index in [-0.39, 0.29) is 17.9 Å². The lowest BCUT2D eigenvalue weighted by molar-refractivity contribution is -0.116. The van der Waals surface area contributed by atoms with Crippen molar-refractivity contribution in [1.82, 2.24) is 4.90 Å². The minimum atomic E-state index is 0.0519. The number of hydrogen-bond donors (Lipinski definition) is 1. The van der Waals surface area contributed by atoms with Crippen LogP contribution in [-0.4, -0.2) is 42.4 Å². The third-order valence-electron chi connectivity index (χ3n) is 5.11. The Morgan fingerprint density at radius 1 is 1.30 bits per heavy atom. The highest BCUT2D eigenvalue weighted by Gasteiger charge is 2.30. The molecule has 0 aromatic heterocycles. The van der Waals surface area contributed by atoms with E-state index < -0.39 is 0 Å². The van der Waals surface area contributed by atoms with Crippen LogP contribution in [0.4, 0.5) is 5.69 Å². The lowest BCUT2D eigenvalue weighted by Gasteiger charge is -2.38. The van der Waals surface area contributed by atoms with Gasteiger partial charge in [-0.2, -0.15) is 0 Å². The van der Waals surface area contributed by atoms with Crippen molar-refractivity contribution in [3.05, 3.63) is 29.3 Å². The zero-order valence-electron chi connectivity index (χ0n) is 13.9. The quantitative estimate of drug-likeness (QED) is 0.905. The average Bonchev–Trinajstić information content (AvgIpc) is 2.97. The first-order valence-electron chi connectivity index (χ1n) is 8.43. The highest BCUT2D eigenvalue weighted by Crippen LogP contribution is 2.30.